The molecule has 0 aliphatic carbocycles. The topological polar surface area (TPSA) is 78.8 Å². The molecule has 2 aromatic carbocycles. The molecule has 0 fully saturated rings. The molecule has 2 amide bonds. The molecule has 0 N–H and O–H groups in total. The second-order valence-electron chi connectivity index (χ2n) is 11.2. The number of hydrogen-bond donors (Lipinski definition) is 0. The van der Waals surface area contributed by atoms with Crippen molar-refractivity contribution in [3.05, 3.63) is 86.2 Å². The first-order valence-corrected chi connectivity index (χ1v) is 14.8. The van der Waals surface area contributed by atoms with Crippen molar-refractivity contribution in [1.29, 1.82) is 0 Å². The zero-order chi connectivity index (χ0) is 29.5. The molecule has 0 spiro atoms. The number of carbonyl (C=O) groups excluding carboxylic acids is 2. The van der Waals surface area contributed by atoms with Gasteiger partial charge in [0.15, 0.2) is 0 Å². The Kier molecular flexibility index (Phi) is 7.85. The first kappa shape index (κ1) is 28.7. The number of carbonyl (C=O) groups is 2. The van der Waals surface area contributed by atoms with E-state index in [9.17, 15) is 14.4 Å². The summed E-state index contributed by atoms with van der Waals surface area (Å²) in [4.78, 5) is 51.2. The van der Waals surface area contributed by atoms with E-state index in [1.54, 1.807) is 46.6 Å². The molecular formula is C32H37N5O3S. The van der Waals surface area contributed by atoms with Crippen LogP contribution >= 0.6 is 11.3 Å². The second kappa shape index (κ2) is 11.2. The Balaban J connectivity index is 1.46. The van der Waals surface area contributed by atoms with E-state index in [0.29, 0.717) is 38.1 Å². The van der Waals surface area contributed by atoms with E-state index in [0.717, 1.165) is 33.0 Å². The van der Waals surface area contributed by atoms with Crippen molar-refractivity contribution in [3.63, 3.8) is 0 Å². The van der Waals surface area contributed by atoms with E-state index in [2.05, 4.69) is 9.88 Å². The van der Waals surface area contributed by atoms with E-state index in [1.807, 2.05) is 75.5 Å². The molecule has 5 rings (SSSR count). The molecule has 0 radical (unpaired) electrons. The van der Waals surface area contributed by atoms with Crippen LogP contribution in [0.5, 0.6) is 0 Å². The zero-order valence-corrected chi connectivity index (χ0v) is 25.4. The Morgan fingerprint density at radius 2 is 1.71 bits per heavy atom. The van der Waals surface area contributed by atoms with Gasteiger partial charge in [0.05, 0.1) is 22.1 Å². The van der Waals surface area contributed by atoms with Gasteiger partial charge in [0.1, 0.15) is 5.41 Å². The molecule has 0 saturated heterocycles. The SMILES string of the molecule is CCN1C(=O)C(C)(C)C(=O)N(C)c2cc(CN(CCn3ccc4ccccc4c3=O)Cc3sc(C)nc3C)ccc21. The van der Waals surface area contributed by atoms with Gasteiger partial charge in [-0.3, -0.25) is 19.3 Å². The first-order valence-electron chi connectivity index (χ1n) is 14.0. The van der Waals surface area contributed by atoms with Crippen molar-refractivity contribution < 1.29 is 9.59 Å². The largest absolute Gasteiger partial charge is 0.314 e. The molecule has 0 atom stereocenters. The van der Waals surface area contributed by atoms with Crippen LogP contribution in [0.15, 0.2) is 59.5 Å². The highest BCUT2D eigenvalue weighted by molar-refractivity contribution is 7.11. The van der Waals surface area contributed by atoms with Crippen LogP contribution in [0.2, 0.25) is 0 Å². The maximum Gasteiger partial charge on any atom is 0.258 e. The number of fused-ring (bicyclic) bond motifs is 2. The Morgan fingerprint density at radius 1 is 0.951 bits per heavy atom. The number of nitrogens with zero attached hydrogens (tertiary/aromatic N) is 5. The number of thiazole rings is 1. The molecule has 3 heterocycles. The van der Waals surface area contributed by atoms with Crippen LogP contribution < -0.4 is 15.4 Å². The first-order chi connectivity index (χ1) is 19.5. The molecule has 9 heteroatoms. The third kappa shape index (κ3) is 5.44. The maximum absolute atomic E-state index is 13.3. The van der Waals surface area contributed by atoms with Gasteiger partial charge in [-0.15, -0.1) is 11.3 Å². The van der Waals surface area contributed by atoms with Gasteiger partial charge >= 0.3 is 0 Å². The van der Waals surface area contributed by atoms with Gasteiger partial charge in [-0.2, -0.15) is 0 Å². The van der Waals surface area contributed by atoms with Crippen LogP contribution in [-0.4, -0.2) is 46.4 Å². The summed E-state index contributed by atoms with van der Waals surface area (Å²) < 4.78 is 1.77. The summed E-state index contributed by atoms with van der Waals surface area (Å²) in [5, 5.41) is 2.68. The molecule has 1 aliphatic heterocycles. The van der Waals surface area contributed by atoms with E-state index in [4.69, 9.17) is 0 Å². The van der Waals surface area contributed by atoms with Crippen molar-refractivity contribution in [1.82, 2.24) is 14.5 Å². The molecule has 0 saturated carbocycles. The number of anilines is 2. The van der Waals surface area contributed by atoms with Crippen molar-refractivity contribution >= 4 is 45.3 Å². The lowest BCUT2D eigenvalue weighted by Crippen LogP contribution is -2.47. The zero-order valence-electron chi connectivity index (χ0n) is 24.6. The molecule has 1 aliphatic rings. The lowest BCUT2D eigenvalue weighted by Gasteiger charge is -2.27. The number of rotatable bonds is 8. The molecular weight excluding hydrogens is 534 g/mol. The predicted octanol–water partition coefficient (Wildman–Crippen LogP) is 5.13. The minimum absolute atomic E-state index is 0.00460. The summed E-state index contributed by atoms with van der Waals surface area (Å²) in [6.45, 7) is 12.3. The van der Waals surface area contributed by atoms with Crippen LogP contribution in [0.25, 0.3) is 10.8 Å². The molecule has 4 aromatic rings. The highest BCUT2D eigenvalue weighted by Gasteiger charge is 2.45. The van der Waals surface area contributed by atoms with Gasteiger partial charge in [0.25, 0.3) is 5.56 Å². The molecule has 2 aromatic heterocycles. The summed E-state index contributed by atoms with van der Waals surface area (Å²) in [5.41, 5.74) is 2.37. The summed E-state index contributed by atoms with van der Waals surface area (Å²) in [6, 6.07) is 15.6. The minimum atomic E-state index is -1.15. The van der Waals surface area contributed by atoms with Crippen LogP contribution in [0.3, 0.4) is 0 Å². The summed E-state index contributed by atoms with van der Waals surface area (Å²) in [5.74, 6) is -0.415. The highest BCUT2D eigenvalue weighted by atomic mass is 32.1. The van der Waals surface area contributed by atoms with Crippen LogP contribution in [0.1, 0.15) is 41.9 Å². The number of aryl methyl sites for hydroxylation is 2. The van der Waals surface area contributed by atoms with Gasteiger partial charge in [-0.25, -0.2) is 4.98 Å². The normalized spacial score (nSPS) is 15.1. The van der Waals surface area contributed by atoms with E-state index in [-0.39, 0.29) is 17.4 Å². The van der Waals surface area contributed by atoms with Crippen LogP contribution in [0, 0.1) is 19.3 Å². The quantitative estimate of drug-likeness (QED) is 0.274. The third-order valence-electron chi connectivity index (χ3n) is 7.94. The Labute approximate surface area is 244 Å². The Hall–Kier alpha value is -3.82. The van der Waals surface area contributed by atoms with E-state index < -0.39 is 5.41 Å². The fourth-order valence-electron chi connectivity index (χ4n) is 5.60. The smallest absolute Gasteiger partial charge is 0.258 e. The van der Waals surface area contributed by atoms with Crippen molar-refractivity contribution in [2.75, 3.05) is 29.9 Å². The maximum atomic E-state index is 13.3. The minimum Gasteiger partial charge on any atom is -0.314 e. The predicted molar refractivity (Wildman–Crippen MR) is 166 cm³/mol. The standard InChI is InChI=1S/C32H37N5O3S/c1-7-37-26-13-12-23(18-27(26)34(6)30(39)32(4,5)31(37)40)19-35(20-28-21(2)33-22(3)41-28)16-17-36-15-14-24-10-8-9-11-25(24)29(36)38/h8-15,18H,7,16-17,19-20H2,1-6H3. The molecule has 8 nitrogen and oxygen atoms in total. The highest BCUT2D eigenvalue weighted by Crippen LogP contribution is 2.39. The monoisotopic (exact) mass is 571 g/mol. The average Bonchev–Trinajstić information content (AvgIpc) is 3.26. The fourth-order valence-corrected chi connectivity index (χ4v) is 6.58. The lowest BCUT2D eigenvalue weighted by atomic mass is 9.90. The van der Waals surface area contributed by atoms with Crippen molar-refractivity contribution in [2.45, 2.75) is 54.3 Å². The molecule has 41 heavy (non-hydrogen) atoms. The van der Waals surface area contributed by atoms with Gasteiger partial charge < -0.3 is 14.4 Å². The average molecular weight is 572 g/mol. The second-order valence-corrected chi connectivity index (χ2v) is 12.5. The molecule has 0 unspecified atom stereocenters. The number of amides is 2. The van der Waals surface area contributed by atoms with Gasteiger partial charge in [-0.05, 0) is 69.8 Å². The Morgan fingerprint density at radius 3 is 2.41 bits per heavy atom. The Bertz CT molecular complexity index is 1690. The van der Waals surface area contributed by atoms with Crippen LogP contribution in [0.4, 0.5) is 11.4 Å². The fraction of sp³-hybridized carbons (Fsp3) is 0.375. The van der Waals surface area contributed by atoms with Gasteiger partial charge in [0, 0.05) is 56.2 Å². The lowest BCUT2D eigenvalue weighted by molar-refractivity contribution is -0.137. The number of pyridine rings is 1. The van der Waals surface area contributed by atoms with E-state index in [1.165, 1.54) is 4.88 Å². The van der Waals surface area contributed by atoms with Crippen molar-refractivity contribution in [3.8, 4) is 0 Å². The molecule has 0 bridgehead atoms. The van der Waals surface area contributed by atoms with Gasteiger partial charge in [-0.1, -0.05) is 24.3 Å². The van der Waals surface area contributed by atoms with Gasteiger partial charge in [0.2, 0.25) is 11.8 Å². The number of benzene rings is 2. The summed E-state index contributed by atoms with van der Waals surface area (Å²) in [6.07, 6.45) is 1.87. The van der Waals surface area contributed by atoms with Crippen LogP contribution in [-0.2, 0) is 29.2 Å². The van der Waals surface area contributed by atoms with Crippen molar-refractivity contribution in [2.24, 2.45) is 5.41 Å². The number of aromatic nitrogens is 2. The molecule has 214 valence electrons. The third-order valence-corrected chi connectivity index (χ3v) is 9.00. The summed E-state index contributed by atoms with van der Waals surface area (Å²) in [7, 11) is 1.74. The number of hydrogen-bond acceptors (Lipinski definition) is 6. The van der Waals surface area contributed by atoms with E-state index >= 15 is 0 Å². The summed E-state index contributed by atoms with van der Waals surface area (Å²) >= 11 is 1.69.